The second-order valence-electron chi connectivity index (χ2n) is 5.20. The van der Waals surface area contributed by atoms with E-state index in [0.29, 0.717) is 24.5 Å². The SMILES string of the molecule is CCc1cc(C(=O)NCC2CN(C)CCO2)cc(NN)n1. The minimum atomic E-state index is -0.138. The van der Waals surface area contributed by atoms with Gasteiger partial charge in [0.2, 0.25) is 0 Å². The van der Waals surface area contributed by atoms with Gasteiger partial charge in [-0.05, 0) is 25.6 Å². The Morgan fingerprint density at radius 2 is 2.38 bits per heavy atom. The van der Waals surface area contributed by atoms with Crippen molar-refractivity contribution >= 4 is 11.7 Å². The monoisotopic (exact) mass is 293 g/mol. The molecule has 1 amide bonds. The van der Waals surface area contributed by atoms with Gasteiger partial charge in [0.05, 0.1) is 12.7 Å². The molecule has 0 spiro atoms. The molecule has 1 aliphatic heterocycles. The van der Waals surface area contributed by atoms with E-state index in [0.717, 1.165) is 25.2 Å². The highest BCUT2D eigenvalue weighted by molar-refractivity contribution is 5.95. The summed E-state index contributed by atoms with van der Waals surface area (Å²) in [4.78, 5) is 18.7. The number of carbonyl (C=O) groups excluding carboxylic acids is 1. The predicted octanol–water partition coefficient (Wildman–Crippen LogP) is -0.01000. The maximum Gasteiger partial charge on any atom is 0.251 e. The van der Waals surface area contributed by atoms with Crippen LogP contribution in [0.5, 0.6) is 0 Å². The van der Waals surface area contributed by atoms with Crippen LogP contribution in [-0.4, -0.2) is 55.2 Å². The average molecular weight is 293 g/mol. The summed E-state index contributed by atoms with van der Waals surface area (Å²) < 4.78 is 5.62. The van der Waals surface area contributed by atoms with Gasteiger partial charge in [0, 0.05) is 30.9 Å². The van der Waals surface area contributed by atoms with Gasteiger partial charge < -0.3 is 20.4 Å². The third-order valence-corrected chi connectivity index (χ3v) is 3.48. The summed E-state index contributed by atoms with van der Waals surface area (Å²) in [5.41, 5.74) is 3.86. The number of rotatable bonds is 5. The van der Waals surface area contributed by atoms with Crippen LogP contribution in [0.3, 0.4) is 0 Å². The number of aryl methyl sites for hydroxylation is 1. The predicted molar refractivity (Wildman–Crippen MR) is 81.0 cm³/mol. The summed E-state index contributed by atoms with van der Waals surface area (Å²) in [5.74, 6) is 5.73. The fraction of sp³-hybridized carbons (Fsp3) is 0.571. The van der Waals surface area contributed by atoms with Crippen molar-refractivity contribution in [1.29, 1.82) is 0 Å². The van der Waals surface area contributed by atoms with Crippen molar-refractivity contribution in [2.24, 2.45) is 5.84 Å². The standard InChI is InChI=1S/C14H23N5O2/c1-3-11-6-10(7-13(17-11)18-15)14(20)16-8-12-9-19(2)4-5-21-12/h6-7,12H,3-5,8-9,15H2,1-2H3,(H,16,20)(H,17,18). The van der Waals surface area contributed by atoms with Crippen molar-refractivity contribution in [1.82, 2.24) is 15.2 Å². The summed E-state index contributed by atoms with van der Waals surface area (Å²) in [5, 5.41) is 2.90. The maximum atomic E-state index is 12.2. The van der Waals surface area contributed by atoms with Crippen LogP contribution in [0.1, 0.15) is 23.0 Å². The molecule has 1 unspecified atom stereocenters. The first-order valence-electron chi connectivity index (χ1n) is 7.18. The molecular weight excluding hydrogens is 270 g/mol. The Morgan fingerprint density at radius 3 is 3.05 bits per heavy atom. The summed E-state index contributed by atoms with van der Waals surface area (Å²) >= 11 is 0. The van der Waals surface area contributed by atoms with Crippen LogP contribution >= 0.6 is 0 Å². The molecule has 2 rings (SSSR count). The van der Waals surface area contributed by atoms with E-state index < -0.39 is 0 Å². The molecule has 1 fully saturated rings. The maximum absolute atomic E-state index is 12.2. The van der Waals surface area contributed by atoms with E-state index in [4.69, 9.17) is 10.6 Å². The number of hydrogen-bond acceptors (Lipinski definition) is 6. The second-order valence-corrected chi connectivity index (χ2v) is 5.20. The zero-order valence-corrected chi connectivity index (χ0v) is 12.6. The molecule has 0 saturated carbocycles. The first kappa shape index (κ1) is 15.7. The zero-order valence-electron chi connectivity index (χ0n) is 12.6. The number of carbonyl (C=O) groups is 1. The highest BCUT2D eigenvalue weighted by Gasteiger charge is 2.18. The number of amides is 1. The van der Waals surface area contributed by atoms with Crippen molar-refractivity contribution in [3.63, 3.8) is 0 Å². The number of nitrogen functional groups attached to an aromatic ring is 1. The first-order chi connectivity index (χ1) is 10.1. The Labute approximate surface area is 124 Å². The molecule has 1 atom stereocenters. The number of morpholine rings is 1. The molecule has 2 heterocycles. The third-order valence-electron chi connectivity index (χ3n) is 3.48. The summed E-state index contributed by atoms with van der Waals surface area (Å²) in [6.45, 7) is 4.94. The Balaban J connectivity index is 1.96. The molecule has 1 saturated heterocycles. The molecule has 1 aromatic heterocycles. The lowest BCUT2D eigenvalue weighted by Gasteiger charge is -2.30. The molecule has 1 aromatic rings. The van der Waals surface area contributed by atoms with Gasteiger partial charge in [-0.2, -0.15) is 0 Å². The first-order valence-corrected chi connectivity index (χ1v) is 7.18. The molecular formula is C14H23N5O2. The molecule has 0 aliphatic carbocycles. The quantitative estimate of drug-likeness (QED) is 0.522. The van der Waals surface area contributed by atoms with E-state index in [9.17, 15) is 4.79 Å². The largest absolute Gasteiger partial charge is 0.374 e. The molecule has 0 bridgehead atoms. The molecule has 7 nitrogen and oxygen atoms in total. The third kappa shape index (κ3) is 4.38. The lowest BCUT2D eigenvalue weighted by atomic mass is 10.1. The van der Waals surface area contributed by atoms with Crippen LogP contribution < -0.4 is 16.6 Å². The van der Waals surface area contributed by atoms with Gasteiger partial charge in [-0.25, -0.2) is 10.8 Å². The number of ether oxygens (including phenoxy) is 1. The fourth-order valence-electron chi connectivity index (χ4n) is 2.27. The summed E-state index contributed by atoms with van der Waals surface area (Å²) in [7, 11) is 2.05. The van der Waals surface area contributed by atoms with Gasteiger partial charge in [-0.3, -0.25) is 4.79 Å². The van der Waals surface area contributed by atoms with Crippen molar-refractivity contribution in [2.45, 2.75) is 19.4 Å². The van der Waals surface area contributed by atoms with Gasteiger partial charge in [0.25, 0.3) is 5.91 Å². The Hall–Kier alpha value is -1.70. The average Bonchev–Trinajstić information content (AvgIpc) is 2.52. The van der Waals surface area contributed by atoms with Crippen LogP contribution in [-0.2, 0) is 11.2 Å². The second kappa shape index (κ2) is 7.35. The van der Waals surface area contributed by atoms with Gasteiger partial charge in [-0.15, -0.1) is 0 Å². The Bertz CT molecular complexity index is 472. The lowest BCUT2D eigenvalue weighted by molar-refractivity contribution is -0.0175. The molecule has 7 heteroatoms. The number of hydrazine groups is 1. The number of anilines is 1. The smallest absolute Gasteiger partial charge is 0.251 e. The van der Waals surface area contributed by atoms with Crippen LogP contribution in [0.4, 0.5) is 5.82 Å². The Kier molecular flexibility index (Phi) is 5.49. The minimum absolute atomic E-state index is 0.0345. The van der Waals surface area contributed by atoms with Crippen molar-refractivity contribution in [2.75, 3.05) is 38.7 Å². The van der Waals surface area contributed by atoms with Gasteiger partial charge in [-0.1, -0.05) is 6.92 Å². The van der Waals surface area contributed by atoms with Crippen LogP contribution in [0.2, 0.25) is 0 Å². The number of aromatic nitrogens is 1. The van der Waals surface area contributed by atoms with Crippen molar-refractivity contribution in [3.8, 4) is 0 Å². The van der Waals surface area contributed by atoms with E-state index in [1.807, 2.05) is 14.0 Å². The topological polar surface area (TPSA) is 92.5 Å². The van der Waals surface area contributed by atoms with E-state index >= 15 is 0 Å². The molecule has 116 valence electrons. The summed E-state index contributed by atoms with van der Waals surface area (Å²) in [6, 6.07) is 3.42. The molecule has 0 radical (unpaired) electrons. The number of nitrogens with two attached hydrogens (primary N) is 1. The van der Waals surface area contributed by atoms with Crippen LogP contribution in [0.15, 0.2) is 12.1 Å². The van der Waals surface area contributed by atoms with Gasteiger partial charge >= 0.3 is 0 Å². The lowest BCUT2D eigenvalue weighted by Crippen LogP contribution is -2.45. The molecule has 21 heavy (non-hydrogen) atoms. The van der Waals surface area contributed by atoms with E-state index in [1.54, 1.807) is 12.1 Å². The van der Waals surface area contributed by atoms with E-state index in [-0.39, 0.29) is 12.0 Å². The highest BCUT2D eigenvalue weighted by atomic mass is 16.5. The van der Waals surface area contributed by atoms with E-state index in [1.165, 1.54) is 0 Å². The zero-order chi connectivity index (χ0) is 15.2. The number of nitrogens with one attached hydrogen (secondary N) is 2. The normalized spacial score (nSPS) is 19.3. The molecule has 0 aromatic carbocycles. The van der Waals surface area contributed by atoms with Gasteiger partial charge in [0.1, 0.15) is 5.82 Å². The van der Waals surface area contributed by atoms with Crippen LogP contribution in [0.25, 0.3) is 0 Å². The fourth-order valence-corrected chi connectivity index (χ4v) is 2.27. The number of likely N-dealkylation sites (N-methyl/N-ethyl adjacent to an activating group) is 1. The minimum Gasteiger partial charge on any atom is -0.374 e. The van der Waals surface area contributed by atoms with Crippen molar-refractivity contribution < 1.29 is 9.53 Å². The molecule has 4 N–H and O–H groups in total. The van der Waals surface area contributed by atoms with Gasteiger partial charge in [0.15, 0.2) is 0 Å². The van der Waals surface area contributed by atoms with E-state index in [2.05, 4.69) is 20.6 Å². The molecule has 1 aliphatic rings. The number of hydrogen-bond donors (Lipinski definition) is 3. The summed E-state index contributed by atoms with van der Waals surface area (Å²) in [6.07, 6.45) is 0.777. The van der Waals surface area contributed by atoms with Crippen LogP contribution in [0, 0.1) is 0 Å². The number of pyridine rings is 1. The Morgan fingerprint density at radius 1 is 1.57 bits per heavy atom. The number of nitrogens with zero attached hydrogens (tertiary/aromatic N) is 2. The highest BCUT2D eigenvalue weighted by Crippen LogP contribution is 2.10. The van der Waals surface area contributed by atoms with Crippen molar-refractivity contribution in [3.05, 3.63) is 23.4 Å².